The van der Waals surface area contributed by atoms with Crippen LogP contribution in [0.25, 0.3) is 6.08 Å². The van der Waals surface area contributed by atoms with E-state index < -0.39 is 5.82 Å². The SMILES string of the molecule is N#CC(C#N)=Cc1cccc(Cc2ccc(Cl)c(F)c2)c1. The van der Waals surface area contributed by atoms with Gasteiger partial charge in [-0.05, 0) is 41.3 Å². The van der Waals surface area contributed by atoms with Crippen molar-refractivity contribution in [2.24, 2.45) is 0 Å². The van der Waals surface area contributed by atoms with Crippen molar-refractivity contribution in [2.75, 3.05) is 0 Å². The lowest BCUT2D eigenvalue weighted by Crippen LogP contribution is -1.90. The monoisotopic (exact) mass is 296 g/mol. The maximum atomic E-state index is 13.4. The molecule has 0 bridgehead atoms. The zero-order valence-electron chi connectivity index (χ0n) is 11.0. The first kappa shape index (κ1) is 14.8. The molecular weight excluding hydrogens is 287 g/mol. The van der Waals surface area contributed by atoms with Crippen LogP contribution in [0.4, 0.5) is 4.39 Å². The van der Waals surface area contributed by atoms with E-state index in [0.717, 1.165) is 16.7 Å². The molecule has 0 aliphatic heterocycles. The summed E-state index contributed by atoms with van der Waals surface area (Å²) in [5, 5.41) is 17.6. The summed E-state index contributed by atoms with van der Waals surface area (Å²) in [6.07, 6.45) is 2.07. The molecule has 0 aliphatic carbocycles. The number of nitriles is 2. The lowest BCUT2D eigenvalue weighted by Gasteiger charge is -2.04. The number of hydrogen-bond acceptors (Lipinski definition) is 2. The fourth-order valence-corrected chi connectivity index (χ4v) is 2.05. The first-order valence-electron chi connectivity index (χ1n) is 6.17. The Morgan fingerprint density at radius 3 is 2.48 bits per heavy atom. The maximum absolute atomic E-state index is 13.4. The van der Waals surface area contributed by atoms with Gasteiger partial charge in [0.05, 0.1) is 5.02 Å². The largest absolute Gasteiger partial charge is 0.205 e. The minimum absolute atomic E-state index is 0.0460. The summed E-state index contributed by atoms with van der Waals surface area (Å²) in [4.78, 5) is 0. The number of benzene rings is 2. The Labute approximate surface area is 127 Å². The molecular formula is C17H10ClFN2. The summed E-state index contributed by atoms with van der Waals surface area (Å²) in [6.45, 7) is 0. The fourth-order valence-electron chi connectivity index (χ4n) is 1.93. The van der Waals surface area contributed by atoms with E-state index in [1.165, 1.54) is 18.2 Å². The molecule has 0 unspecified atom stereocenters. The van der Waals surface area contributed by atoms with E-state index in [1.54, 1.807) is 12.1 Å². The van der Waals surface area contributed by atoms with Crippen molar-refractivity contribution in [3.8, 4) is 12.1 Å². The van der Waals surface area contributed by atoms with E-state index in [9.17, 15) is 4.39 Å². The highest BCUT2D eigenvalue weighted by molar-refractivity contribution is 6.30. The summed E-state index contributed by atoms with van der Waals surface area (Å²) in [5.41, 5.74) is 2.57. The second-order valence-electron chi connectivity index (χ2n) is 4.45. The van der Waals surface area contributed by atoms with Crippen molar-refractivity contribution in [2.45, 2.75) is 6.42 Å². The first-order chi connectivity index (χ1) is 10.1. The number of nitrogens with zero attached hydrogens (tertiary/aromatic N) is 2. The first-order valence-corrected chi connectivity index (χ1v) is 6.55. The highest BCUT2D eigenvalue weighted by Crippen LogP contribution is 2.19. The standard InChI is InChI=1S/C17H10ClFN2/c18-16-5-4-14(9-17(16)19)7-12-2-1-3-13(6-12)8-15(10-20)11-21/h1-6,8-9H,7H2. The lowest BCUT2D eigenvalue weighted by molar-refractivity contribution is 0.626. The van der Waals surface area contributed by atoms with Crippen LogP contribution in [0.1, 0.15) is 16.7 Å². The predicted molar refractivity (Wildman–Crippen MR) is 79.9 cm³/mol. The number of rotatable bonds is 3. The maximum Gasteiger partial charge on any atom is 0.142 e. The van der Waals surface area contributed by atoms with Gasteiger partial charge in [-0.1, -0.05) is 41.9 Å². The van der Waals surface area contributed by atoms with Gasteiger partial charge in [0.15, 0.2) is 0 Å². The van der Waals surface area contributed by atoms with Gasteiger partial charge < -0.3 is 0 Å². The zero-order chi connectivity index (χ0) is 15.2. The summed E-state index contributed by atoms with van der Waals surface area (Å²) in [5.74, 6) is -0.443. The third kappa shape index (κ3) is 3.92. The van der Waals surface area contributed by atoms with Gasteiger partial charge in [0, 0.05) is 0 Å². The van der Waals surface area contributed by atoms with Crippen LogP contribution < -0.4 is 0 Å². The Morgan fingerprint density at radius 1 is 1.10 bits per heavy atom. The van der Waals surface area contributed by atoms with Crippen molar-refractivity contribution in [3.63, 3.8) is 0 Å². The normalized spacial score (nSPS) is 9.52. The summed E-state index contributed by atoms with van der Waals surface area (Å²) in [6, 6.07) is 15.7. The minimum atomic E-state index is -0.443. The van der Waals surface area contributed by atoms with E-state index >= 15 is 0 Å². The highest BCUT2D eigenvalue weighted by atomic mass is 35.5. The van der Waals surface area contributed by atoms with E-state index in [1.807, 2.05) is 30.3 Å². The summed E-state index contributed by atoms with van der Waals surface area (Å²) >= 11 is 5.65. The summed E-state index contributed by atoms with van der Waals surface area (Å²) < 4.78 is 13.4. The molecule has 0 radical (unpaired) electrons. The second kappa shape index (κ2) is 6.70. The Bertz CT molecular complexity index is 766. The molecule has 2 rings (SSSR count). The Balaban J connectivity index is 2.26. The third-order valence-electron chi connectivity index (χ3n) is 2.90. The van der Waals surface area contributed by atoms with E-state index in [0.29, 0.717) is 6.42 Å². The van der Waals surface area contributed by atoms with Crippen molar-refractivity contribution < 1.29 is 4.39 Å². The minimum Gasteiger partial charge on any atom is -0.205 e. The average Bonchev–Trinajstić information content (AvgIpc) is 2.49. The molecule has 21 heavy (non-hydrogen) atoms. The quantitative estimate of drug-likeness (QED) is 0.783. The molecule has 0 aromatic heterocycles. The topological polar surface area (TPSA) is 47.6 Å². The molecule has 0 saturated heterocycles. The van der Waals surface area contributed by atoms with Gasteiger partial charge in [0.1, 0.15) is 23.5 Å². The molecule has 0 fully saturated rings. The Morgan fingerprint density at radius 2 is 1.81 bits per heavy atom. The summed E-state index contributed by atoms with van der Waals surface area (Å²) in [7, 11) is 0. The number of allylic oxidation sites excluding steroid dienone is 1. The van der Waals surface area contributed by atoms with Crippen LogP contribution in [-0.4, -0.2) is 0 Å². The molecule has 102 valence electrons. The van der Waals surface area contributed by atoms with Gasteiger partial charge in [-0.2, -0.15) is 10.5 Å². The van der Waals surface area contributed by atoms with E-state index in [4.69, 9.17) is 22.1 Å². The highest BCUT2D eigenvalue weighted by Gasteiger charge is 2.03. The van der Waals surface area contributed by atoms with Crippen LogP contribution in [-0.2, 0) is 6.42 Å². The zero-order valence-corrected chi connectivity index (χ0v) is 11.7. The molecule has 0 spiro atoms. The molecule has 2 nitrogen and oxygen atoms in total. The van der Waals surface area contributed by atoms with Crippen molar-refractivity contribution in [3.05, 3.63) is 75.6 Å². The fraction of sp³-hybridized carbons (Fsp3) is 0.0588. The smallest absolute Gasteiger partial charge is 0.142 e. The Kier molecular flexibility index (Phi) is 4.72. The van der Waals surface area contributed by atoms with Gasteiger partial charge in [-0.25, -0.2) is 4.39 Å². The Hall–Kier alpha value is -2.62. The van der Waals surface area contributed by atoms with Crippen LogP contribution in [0.15, 0.2) is 48.0 Å². The van der Waals surface area contributed by atoms with Gasteiger partial charge in [0.25, 0.3) is 0 Å². The average molecular weight is 297 g/mol. The number of halogens is 2. The van der Waals surface area contributed by atoms with Gasteiger partial charge in [0.2, 0.25) is 0 Å². The molecule has 0 N–H and O–H groups in total. The molecule has 0 atom stereocenters. The van der Waals surface area contributed by atoms with Crippen molar-refractivity contribution in [1.29, 1.82) is 10.5 Å². The van der Waals surface area contributed by atoms with Crippen LogP contribution in [0.3, 0.4) is 0 Å². The molecule has 4 heteroatoms. The van der Waals surface area contributed by atoms with Crippen LogP contribution >= 0.6 is 11.6 Å². The van der Waals surface area contributed by atoms with Crippen LogP contribution in [0, 0.1) is 28.5 Å². The molecule has 2 aromatic rings. The second-order valence-corrected chi connectivity index (χ2v) is 4.86. The number of hydrogen-bond donors (Lipinski definition) is 0. The predicted octanol–water partition coefficient (Wildman–Crippen LogP) is 4.50. The van der Waals surface area contributed by atoms with Gasteiger partial charge >= 0.3 is 0 Å². The lowest BCUT2D eigenvalue weighted by atomic mass is 10.0. The molecule has 0 aliphatic rings. The molecule has 0 heterocycles. The van der Waals surface area contributed by atoms with E-state index in [2.05, 4.69) is 0 Å². The van der Waals surface area contributed by atoms with Crippen molar-refractivity contribution >= 4 is 17.7 Å². The van der Waals surface area contributed by atoms with Gasteiger partial charge in [-0.15, -0.1) is 0 Å². The van der Waals surface area contributed by atoms with Gasteiger partial charge in [-0.3, -0.25) is 0 Å². The molecule has 0 saturated carbocycles. The third-order valence-corrected chi connectivity index (χ3v) is 3.20. The molecule has 0 amide bonds. The van der Waals surface area contributed by atoms with Crippen LogP contribution in [0.2, 0.25) is 5.02 Å². The van der Waals surface area contributed by atoms with Crippen molar-refractivity contribution in [1.82, 2.24) is 0 Å². The van der Waals surface area contributed by atoms with Crippen LogP contribution in [0.5, 0.6) is 0 Å². The van der Waals surface area contributed by atoms with E-state index in [-0.39, 0.29) is 10.6 Å². The molecule has 2 aromatic carbocycles.